The molecule has 0 bridgehead atoms. The van der Waals surface area contributed by atoms with Crippen LogP contribution in [0.2, 0.25) is 0 Å². The molecule has 1 atom stereocenters. The van der Waals surface area contributed by atoms with Crippen LogP contribution in [0.5, 0.6) is 11.5 Å². The molecule has 3 heterocycles. The third kappa shape index (κ3) is 4.14. The molecular formula is C24H24N4O6. The number of benzene rings is 2. The number of rotatable bonds is 4. The summed E-state index contributed by atoms with van der Waals surface area (Å²) in [5.41, 5.74) is -0.707. The zero-order chi connectivity index (χ0) is 23.7. The highest BCUT2D eigenvalue weighted by atomic mass is 16.6. The number of para-hydroxylation sites is 2. The highest BCUT2D eigenvalue weighted by molar-refractivity contribution is 5.83. The Kier molecular flexibility index (Phi) is 5.79. The van der Waals surface area contributed by atoms with Crippen molar-refractivity contribution in [1.29, 1.82) is 0 Å². The zero-order valence-corrected chi connectivity index (χ0v) is 18.4. The topological polar surface area (TPSA) is 114 Å². The van der Waals surface area contributed by atoms with Crippen LogP contribution in [0, 0.1) is 0 Å². The Hall–Kier alpha value is -4.08. The molecule has 34 heavy (non-hydrogen) atoms. The largest absolute Gasteiger partial charge is 0.485 e. The number of H-pyrrole nitrogens is 1. The fraction of sp³-hybridized carbons (Fsp3) is 0.333. The Morgan fingerprint density at radius 3 is 2.29 bits per heavy atom. The molecule has 1 N–H and O–H groups in total. The monoisotopic (exact) mass is 464 g/mol. The summed E-state index contributed by atoms with van der Waals surface area (Å²) in [4.78, 5) is 53.8. The fourth-order valence-electron chi connectivity index (χ4n) is 4.29. The van der Waals surface area contributed by atoms with Crippen LogP contribution in [0.3, 0.4) is 0 Å². The molecule has 2 aliphatic heterocycles. The molecule has 1 aromatic heterocycles. The third-order valence-electron chi connectivity index (χ3n) is 6.16. The maximum Gasteiger partial charge on any atom is 0.273 e. The van der Waals surface area contributed by atoms with Crippen molar-refractivity contribution in [3.05, 3.63) is 69.2 Å². The second kappa shape index (κ2) is 9.05. The first-order valence-corrected chi connectivity index (χ1v) is 11.2. The average Bonchev–Trinajstić information content (AvgIpc) is 2.89. The van der Waals surface area contributed by atoms with Gasteiger partial charge in [-0.3, -0.25) is 24.3 Å². The molecule has 2 amide bonds. The van der Waals surface area contributed by atoms with Crippen LogP contribution in [0.1, 0.15) is 6.42 Å². The first kappa shape index (κ1) is 21.7. The normalized spacial score (nSPS) is 17.6. The van der Waals surface area contributed by atoms with Gasteiger partial charge in [0.25, 0.3) is 17.0 Å². The minimum Gasteiger partial charge on any atom is -0.485 e. The summed E-state index contributed by atoms with van der Waals surface area (Å²) in [7, 11) is 0. The van der Waals surface area contributed by atoms with Crippen molar-refractivity contribution in [1.82, 2.24) is 19.6 Å². The van der Waals surface area contributed by atoms with E-state index in [0.29, 0.717) is 48.5 Å². The molecule has 1 fully saturated rings. The van der Waals surface area contributed by atoms with Gasteiger partial charge in [0.2, 0.25) is 12.0 Å². The number of ether oxygens (including phenoxy) is 2. The Morgan fingerprint density at radius 2 is 1.53 bits per heavy atom. The second-order valence-corrected chi connectivity index (χ2v) is 8.26. The van der Waals surface area contributed by atoms with E-state index in [2.05, 4.69) is 5.10 Å². The van der Waals surface area contributed by atoms with Gasteiger partial charge in [-0.15, -0.1) is 0 Å². The number of piperazine rings is 1. The van der Waals surface area contributed by atoms with Crippen molar-refractivity contribution in [2.24, 2.45) is 0 Å². The van der Waals surface area contributed by atoms with E-state index in [4.69, 9.17) is 9.47 Å². The average molecular weight is 464 g/mol. The third-order valence-corrected chi connectivity index (χ3v) is 6.16. The molecular weight excluding hydrogens is 440 g/mol. The van der Waals surface area contributed by atoms with Crippen molar-refractivity contribution >= 4 is 22.6 Å². The van der Waals surface area contributed by atoms with Crippen LogP contribution in [0.4, 0.5) is 0 Å². The van der Waals surface area contributed by atoms with Crippen LogP contribution in [-0.4, -0.2) is 70.3 Å². The van der Waals surface area contributed by atoms with E-state index < -0.39 is 6.10 Å². The molecule has 1 saturated heterocycles. The van der Waals surface area contributed by atoms with E-state index in [-0.39, 0.29) is 42.5 Å². The summed E-state index contributed by atoms with van der Waals surface area (Å²) in [6.45, 7) is 1.77. The number of carbonyl (C=O) groups excluding carboxylic acids is 2. The molecule has 1 unspecified atom stereocenters. The van der Waals surface area contributed by atoms with E-state index in [0.717, 1.165) is 0 Å². The quantitative estimate of drug-likeness (QED) is 0.605. The molecule has 2 aromatic carbocycles. The van der Waals surface area contributed by atoms with E-state index in [1.807, 2.05) is 12.1 Å². The number of aromatic amines is 1. The lowest BCUT2D eigenvalue weighted by Crippen LogP contribution is -2.55. The lowest BCUT2D eigenvalue weighted by Gasteiger charge is -2.37. The van der Waals surface area contributed by atoms with Gasteiger partial charge in [0.05, 0.1) is 17.3 Å². The highest BCUT2D eigenvalue weighted by Crippen LogP contribution is 2.31. The molecule has 10 nitrogen and oxygen atoms in total. The SMILES string of the molecule is O=C(CCn1[nH]c(=O)c2ccccc2c1=O)N1CCN(C(=O)C2COc3ccccc3O2)CC1. The van der Waals surface area contributed by atoms with Gasteiger partial charge in [0, 0.05) is 32.6 Å². The van der Waals surface area contributed by atoms with Crippen LogP contribution >= 0.6 is 0 Å². The van der Waals surface area contributed by atoms with Gasteiger partial charge < -0.3 is 19.3 Å². The zero-order valence-electron chi connectivity index (χ0n) is 18.4. The molecule has 2 aliphatic rings. The molecule has 10 heteroatoms. The van der Waals surface area contributed by atoms with E-state index >= 15 is 0 Å². The van der Waals surface area contributed by atoms with Crippen molar-refractivity contribution in [2.45, 2.75) is 19.1 Å². The molecule has 5 rings (SSSR count). The molecule has 0 aliphatic carbocycles. The Morgan fingerprint density at radius 1 is 0.882 bits per heavy atom. The van der Waals surface area contributed by atoms with E-state index in [1.54, 1.807) is 46.2 Å². The molecule has 0 radical (unpaired) electrons. The first-order valence-electron chi connectivity index (χ1n) is 11.2. The van der Waals surface area contributed by atoms with Gasteiger partial charge >= 0.3 is 0 Å². The second-order valence-electron chi connectivity index (χ2n) is 8.26. The van der Waals surface area contributed by atoms with Crippen LogP contribution in [0.25, 0.3) is 10.8 Å². The standard InChI is InChI=1S/C24H24N4O6/c29-21(9-10-28-23(31)17-6-2-1-5-16(17)22(30)25-28)26-11-13-27(14-12-26)24(32)20-15-33-18-7-3-4-8-19(18)34-20/h1-8,20H,9-15H2,(H,25,30). The number of carbonyl (C=O) groups is 2. The molecule has 176 valence electrons. The lowest BCUT2D eigenvalue weighted by atomic mass is 10.2. The number of aromatic nitrogens is 2. The van der Waals surface area contributed by atoms with Gasteiger partial charge in [-0.25, -0.2) is 4.68 Å². The predicted molar refractivity (Wildman–Crippen MR) is 123 cm³/mol. The molecule has 0 spiro atoms. The number of aryl methyl sites for hydroxylation is 1. The van der Waals surface area contributed by atoms with Crippen LogP contribution in [-0.2, 0) is 16.1 Å². The van der Waals surface area contributed by atoms with Crippen LogP contribution in [0.15, 0.2) is 58.1 Å². The number of nitrogens with zero attached hydrogens (tertiary/aromatic N) is 3. The van der Waals surface area contributed by atoms with Gasteiger partial charge in [-0.2, -0.15) is 0 Å². The van der Waals surface area contributed by atoms with Crippen molar-refractivity contribution in [2.75, 3.05) is 32.8 Å². The van der Waals surface area contributed by atoms with Crippen molar-refractivity contribution < 1.29 is 19.1 Å². The fourth-order valence-corrected chi connectivity index (χ4v) is 4.29. The minimum atomic E-state index is -0.714. The summed E-state index contributed by atoms with van der Waals surface area (Å²) < 4.78 is 12.6. The van der Waals surface area contributed by atoms with E-state index in [1.165, 1.54) is 4.68 Å². The highest BCUT2D eigenvalue weighted by Gasteiger charge is 2.33. The summed E-state index contributed by atoms with van der Waals surface area (Å²) in [6, 6.07) is 13.8. The number of nitrogens with one attached hydrogen (secondary N) is 1. The summed E-state index contributed by atoms with van der Waals surface area (Å²) in [5.74, 6) is 0.859. The smallest absolute Gasteiger partial charge is 0.273 e. The summed E-state index contributed by atoms with van der Waals surface area (Å²) in [5, 5.41) is 3.19. The molecule has 0 saturated carbocycles. The minimum absolute atomic E-state index is 0.0679. The van der Waals surface area contributed by atoms with Crippen molar-refractivity contribution in [3.8, 4) is 11.5 Å². The maximum absolute atomic E-state index is 12.9. The number of hydrogen-bond acceptors (Lipinski definition) is 6. The van der Waals surface area contributed by atoms with Gasteiger partial charge in [0.1, 0.15) is 6.61 Å². The number of hydrogen-bond donors (Lipinski definition) is 1. The van der Waals surface area contributed by atoms with Gasteiger partial charge in [-0.05, 0) is 24.3 Å². The number of amides is 2. The Balaban J connectivity index is 1.16. The first-order chi connectivity index (χ1) is 16.5. The number of fused-ring (bicyclic) bond motifs is 2. The van der Waals surface area contributed by atoms with Gasteiger partial charge in [-0.1, -0.05) is 24.3 Å². The van der Waals surface area contributed by atoms with Crippen molar-refractivity contribution in [3.63, 3.8) is 0 Å². The predicted octanol–water partition coefficient (Wildman–Crippen LogP) is 0.591. The molecule has 3 aromatic rings. The summed E-state index contributed by atoms with van der Waals surface area (Å²) in [6.07, 6.45) is -0.646. The lowest BCUT2D eigenvalue weighted by molar-refractivity contribution is -0.146. The Bertz CT molecular complexity index is 1360. The van der Waals surface area contributed by atoms with Gasteiger partial charge in [0.15, 0.2) is 11.5 Å². The maximum atomic E-state index is 12.9. The van der Waals surface area contributed by atoms with Crippen LogP contribution < -0.4 is 20.6 Å². The Labute approximate surface area is 194 Å². The van der Waals surface area contributed by atoms with E-state index in [9.17, 15) is 19.2 Å². The summed E-state index contributed by atoms with van der Waals surface area (Å²) >= 11 is 0.